The molecule has 0 saturated heterocycles. The van der Waals surface area contributed by atoms with E-state index in [1.165, 1.54) is 24.0 Å². The molecule has 0 atom stereocenters. The Hall–Kier alpha value is -2.05. The van der Waals surface area contributed by atoms with E-state index in [1.54, 1.807) is 11.3 Å². The van der Waals surface area contributed by atoms with E-state index >= 15 is 0 Å². The van der Waals surface area contributed by atoms with Crippen molar-refractivity contribution in [2.24, 2.45) is 0 Å². The third-order valence-electron chi connectivity index (χ3n) is 5.47. The molecule has 0 saturated carbocycles. The number of hydrogen-bond donors (Lipinski definition) is 0. The Morgan fingerprint density at radius 2 is 1.74 bits per heavy atom. The van der Waals surface area contributed by atoms with Crippen molar-refractivity contribution in [3.05, 3.63) is 56.8 Å². The highest BCUT2D eigenvalue weighted by Crippen LogP contribution is 2.45. The third kappa shape index (κ3) is 4.45. The van der Waals surface area contributed by atoms with Crippen molar-refractivity contribution in [3.63, 3.8) is 0 Å². The number of ether oxygens (including phenoxy) is 1. The van der Waals surface area contributed by atoms with Crippen molar-refractivity contribution in [1.82, 2.24) is 0 Å². The van der Waals surface area contributed by atoms with Gasteiger partial charge in [0.25, 0.3) is 0 Å². The highest BCUT2D eigenvalue weighted by atomic mass is 32.1. The van der Waals surface area contributed by atoms with Crippen LogP contribution in [-0.2, 0) is 26.8 Å². The zero-order valence-electron chi connectivity index (χ0n) is 16.9. The molecule has 1 aliphatic carbocycles. The average Bonchev–Trinajstić information content (AvgIpc) is 3.05. The maximum atomic E-state index is 11.6. The molecule has 0 aliphatic heterocycles. The predicted molar refractivity (Wildman–Crippen MR) is 112 cm³/mol. The van der Waals surface area contributed by atoms with E-state index in [1.807, 2.05) is 19.1 Å². The Bertz CT molecular complexity index is 906. The van der Waals surface area contributed by atoms with E-state index in [0.717, 1.165) is 15.3 Å². The van der Waals surface area contributed by atoms with Crippen LogP contribution in [0.2, 0.25) is 0 Å². The summed E-state index contributed by atoms with van der Waals surface area (Å²) in [5.41, 5.74) is 4.36. The van der Waals surface area contributed by atoms with Crippen LogP contribution < -0.4 is 0 Å². The fraction of sp³-hybridized carbons (Fsp3) is 0.458. The standard InChI is InChI=1S/C24H28O2S/c1-6-26-22(25)16-19-11-10-18(27-19)9-7-17-8-12-20-21(15-17)24(4,5)14-13-23(20,2)3/h8,10-12,15H,6,13-14,16H2,1-5H3. The van der Waals surface area contributed by atoms with E-state index < -0.39 is 0 Å². The molecule has 3 heteroatoms. The van der Waals surface area contributed by atoms with Crippen LogP contribution in [0.15, 0.2) is 30.3 Å². The van der Waals surface area contributed by atoms with Gasteiger partial charge in [0, 0.05) is 10.4 Å². The van der Waals surface area contributed by atoms with Gasteiger partial charge in [-0.25, -0.2) is 0 Å². The molecule has 0 amide bonds. The minimum Gasteiger partial charge on any atom is -0.466 e. The van der Waals surface area contributed by atoms with E-state index in [9.17, 15) is 4.79 Å². The van der Waals surface area contributed by atoms with Gasteiger partial charge in [0.15, 0.2) is 0 Å². The molecule has 27 heavy (non-hydrogen) atoms. The zero-order valence-corrected chi connectivity index (χ0v) is 17.8. The summed E-state index contributed by atoms with van der Waals surface area (Å²) in [5.74, 6) is 6.39. The molecule has 142 valence electrons. The molecule has 1 heterocycles. The second kappa shape index (κ2) is 7.52. The molecule has 1 aromatic heterocycles. The lowest BCUT2D eigenvalue weighted by molar-refractivity contribution is -0.142. The molecule has 1 aromatic carbocycles. The molecule has 2 aromatic rings. The van der Waals surface area contributed by atoms with Crippen molar-refractivity contribution in [3.8, 4) is 11.8 Å². The van der Waals surface area contributed by atoms with Crippen molar-refractivity contribution in [2.75, 3.05) is 6.61 Å². The van der Waals surface area contributed by atoms with Crippen molar-refractivity contribution in [2.45, 2.75) is 64.7 Å². The first-order valence-corrected chi connectivity index (χ1v) is 10.4. The van der Waals surface area contributed by atoms with Gasteiger partial charge in [0.1, 0.15) is 0 Å². The molecule has 2 nitrogen and oxygen atoms in total. The number of hydrogen-bond acceptors (Lipinski definition) is 3. The van der Waals surface area contributed by atoms with Gasteiger partial charge in [0.05, 0.1) is 17.9 Å². The molecular formula is C24H28O2S. The van der Waals surface area contributed by atoms with Crippen LogP contribution in [-0.4, -0.2) is 12.6 Å². The topological polar surface area (TPSA) is 26.3 Å². The lowest BCUT2D eigenvalue weighted by Gasteiger charge is -2.41. The Labute approximate surface area is 167 Å². The monoisotopic (exact) mass is 380 g/mol. The van der Waals surface area contributed by atoms with E-state index in [-0.39, 0.29) is 16.8 Å². The second-order valence-corrected chi connectivity index (χ2v) is 9.69. The smallest absolute Gasteiger partial charge is 0.311 e. The fourth-order valence-corrected chi connectivity index (χ4v) is 4.54. The first kappa shape index (κ1) is 19.7. The van der Waals surface area contributed by atoms with E-state index in [4.69, 9.17) is 4.74 Å². The largest absolute Gasteiger partial charge is 0.466 e. The number of fused-ring (bicyclic) bond motifs is 1. The molecular weight excluding hydrogens is 352 g/mol. The molecule has 0 bridgehead atoms. The molecule has 0 radical (unpaired) electrons. The molecule has 1 aliphatic rings. The normalized spacial score (nSPS) is 16.8. The summed E-state index contributed by atoms with van der Waals surface area (Å²) in [6.07, 6.45) is 2.74. The van der Waals surface area contributed by atoms with Crippen LogP contribution in [0, 0.1) is 11.8 Å². The van der Waals surface area contributed by atoms with Gasteiger partial charge >= 0.3 is 5.97 Å². The predicted octanol–water partition coefficient (Wildman–Crippen LogP) is 5.60. The molecule has 0 spiro atoms. The van der Waals surface area contributed by atoms with Gasteiger partial charge < -0.3 is 4.74 Å². The summed E-state index contributed by atoms with van der Waals surface area (Å²) in [4.78, 5) is 13.6. The van der Waals surface area contributed by atoms with Gasteiger partial charge in [-0.3, -0.25) is 4.79 Å². The Balaban J connectivity index is 1.82. The van der Waals surface area contributed by atoms with Crippen LogP contribution in [0.3, 0.4) is 0 Å². The van der Waals surface area contributed by atoms with Crippen LogP contribution >= 0.6 is 11.3 Å². The van der Waals surface area contributed by atoms with Crippen molar-refractivity contribution < 1.29 is 9.53 Å². The first-order chi connectivity index (χ1) is 12.7. The summed E-state index contributed by atoms with van der Waals surface area (Å²) < 4.78 is 5.01. The quantitative estimate of drug-likeness (QED) is 0.511. The van der Waals surface area contributed by atoms with Gasteiger partial charge in [-0.15, -0.1) is 11.3 Å². The van der Waals surface area contributed by atoms with Gasteiger partial charge in [-0.2, -0.15) is 0 Å². The highest BCUT2D eigenvalue weighted by Gasteiger charge is 2.36. The van der Waals surface area contributed by atoms with Gasteiger partial charge in [-0.05, 0) is 66.0 Å². The molecule has 3 rings (SSSR count). The summed E-state index contributed by atoms with van der Waals surface area (Å²) in [7, 11) is 0. The lowest BCUT2D eigenvalue weighted by atomic mass is 9.63. The summed E-state index contributed by atoms with van der Waals surface area (Å²) in [6, 6.07) is 10.6. The number of esters is 1. The molecule has 0 unspecified atom stereocenters. The summed E-state index contributed by atoms with van der Waals surface area (Å²) >= 11 is 1.56. The maximum Gasteiger partial charge on any atom is 0.311 e. The van der Waals surface area contributed by atoms with Crippen LogP contribution in [0.4, 0.5) is 0 Å². The second-order valence-electron chi connectivity index (χ2n) is 8.53. The number of carbonyl (C=O) groups is 1. The minimum absolute atomic E-state index is 0.182. The number of thiophene rings is 1. The molecule has 0 N–H and O–H groups in total. The van der Waals surface area contributed by atoms with E-state index in [2.05, 4.69) is 57.7 Å². The fourth-order valence-electron chi connectivity index (χ4n) is 3.69. The van der Waals surface area contributed by atoms with Crippen LogP contribution in [0.25, 0.3) is 0 Å². The molecule has 0 fully saturated rings. The number of carbonyl (C=O) groups excluding carboxylic acids is 1. The average molecular weight is 381 g/mol. The third-order valence-corrected chi connectivity index (χ3v) is 6.47. The van der Waals surface area contributed by atoms with Crippen molar-refractivity contribution in [1.29, 1.82) is 0 Å². The van der Waals surface area contributed by atoms with Crippen molar-refractivity contribution >= 4 is 17.3 Å². The Morgan fingerprint density at radius 1 is 1.04 bits per heavy atom. The summed E-state index contributed by atoms with van der Waals surface area (Å²) in [5, 5.41) is 0. The Morgan fingerprint density at radius 3 is 2.44 bits per heavy atom. The summed E-state index contributed by atoms with van der Waals surface area (Å²) in [6.45, 7) is 11.6. The zero-order chi connectivity index (χ0) is 19.7. The first-order valence-electron chi connectivity index (χ1n) is 9.63. The maximum absolute atomic E-state index is 11.6. The number of rotatable bonds is 3. The van der Waals surface area contributed by atoms with E-state index in [0.29, 0.717) is 13.0 Å². The number of benzene rings is 1. The van der Waals surface area contributed by atoms with Gasteiger partial charge in [-0.1, -0.05) is 45.6 Å². The van der Waals surface area contributed by atoms with Gasteiger partial charge in [0.2, 0.25) is 0 Å². The van der Waals surface area contributed by atoms with Crippen LogP contribution in [0.1, 0.15) is 73.9 Å². The SMILES string of the molecule is CCOC(=O)Cc1ccc(C#Cc2ccc3c(c2)C(C)(C)CCC3(C)C)s1. The highest BCUT2D eigenvalue weighted by molar-refractivity contribution is 7.12. The lowest BCUT2D eigenvalue weighted by Crippen LogP contribution is -2.33. The Kier molecular flexibility index (Phi) is 5.49. The minimum atomic E-state index is -0.182. The van der Waals surface area contributed by atoms with Crippen LogP contribution in [0.5, 0.6) is 0 Å².